The van der Waals surface area contributed by atoms with Crippen LogP contribution < -0.4 is 9.46 Å². The molecule has 0 saturated heterocycles. The topological polar surface area (TPSA) is 128 Å². The number of carboxylic acids is 2. The van der Waals surface area contributed by atoms with Crippen LogP contribution in [0, 0.1) is 10.4 Å². The summed E-state index contributed by atoms with van der Waals surface area (Å²) in [6, 6.07) is 4.65. The molecule has 0 aliphatic rings. The summed E-state index contributed by atoms with van der Waals surface area (Å²) in [7, 11) is 1.71. The summed E-state index contributed by atoms with van der Waals surface area (Å²) in [5, 5.41) is 41.1. The number of carboxylic acid groups (broad SMARTS) is 2. The van der Waals surface area contributed by atoms with Crippen LogP contribution in [0.15, 0.2) is 46.7 Å². The summed E-state index contributed by atoms with van der Waals surface area (Å²) < 4.78 is 0.917. The fourth-order valence-electron chi connectivity index (χ4n) is 1.41. The summed E-state index contributed by atoms with van der Waals surface area (Å²) in [5.74, 6) is -2.36. The molecule has 0 radical (unpaired) electrons. The lowest BCUT2D eigenvalue weighted by Gasteiger charge is -2.05. The van der Waals surface area contributed by atoms with Crippen molar-refractivity contribution in [3.63, 3.8) is 0 Å². The number of aromatic carboxylic acids is 2. The Labute approximate surface area is 131 Å². The Morgan fingerprint density at radius 3 is 1.55 bits per heavy atom. The molecule has 0 aliphatic heterocycles. The molecule has 2 rings (SSSR count). The third kappa shape index (κ3) is 3.59. The van der Waals surface area contributed by atoms with E-state index < -0.39 is 11.9 Å². The van der Waals surface area contributed by atoms with E-state index >= 15 is 0 Å². The fraction of sp³-hybridized carbons (Fsp3) is 0. The third-order valence-electron chi connectivity index (χ3n) is 2.48. The highest BCUT2D eigenvalue weighted by molar-refractivity contribution is 8.76. The summed E-state index contributed by atoms with van der Waals surface area (Å²) >= 11 is 0. The van der Waals surface area contributed by atoms with Gasteiger partial charge in [0.1, 0.15) is 0 Å². The summed E-state index contributed by atoms with van der Waals surface area (Å²) in [6.07, 6.45) is 2.09. The first kappa shape index (κ1) is 15.9. The highest BCUT2D eigenvalue weighted by Gasteiger charge is 2.17. The lowest BCUT2D eigenvalue weighted by Crippen LogP contribution is -2.30. The van der Waals surface area contributed by atoms with Crippen LogP contribution in [0.1, 0.15) is 20.7 Å². The molecule has 10 heteroatoms. The Kier molecular flexibility index (Phi) is 4.73. The molecule has 0 bridgehead atoms. The van der Waals surface area contributed by atoms with Crippen molar-refractivity contribution in [1.82, 2.24) is 0 Å². The van der Waals surface area contributed by atoms with Gasteiger partial charge in [-0.2, -0.15) is 9.46 Å². The lowest BCUT2D eigenvalue weighted by atomic mass is 10.3. The molecule has 2 N–H and O–H groups in total. The second-order valence-corrected chi connectivity index (χ2v) is 6.11. The Morgan fingerprint density at radius 1 is 0.864 bits per heavy atom. The van der Waals surface area contributed by atoms with E-state index in [1.807, 2.05) is 0 Å². The van der Waals surface area contributed by atoms with Crippen LogP contribution in [0.25, 0.3) is 0 Å². The minimum Gasteiger partial charge on any atom is -0.618 e. The molecule has 0 atom stereocenters. The van der Waals surface area contributed by atoms with E-state index in [9.17, 15) is 20.0 Å². The van der Waals surface area contributed by atoms with E-state index in [1.165, 1.54) is 12.1 Å². The van der Waals surface area contributed by atoms with Crippen molar-refractivity contribution in [2.75, 3.05) is 0 Å². The molecule has 2 heterocycles. The van der Waals surface area contributed by atoms with Crippen molar-refractivity contribution in [1.29, 1.82) is 0 Å². The molecule has 0 aliphatic carbocycles. The molecule has 0 unspecified atom stereocenters. The summed E-state index contributed by atoms with van der Waals surface area (Å²) in [4.78, 5) is 21.7. The molecule has 0 amide bonds. The first-order chi connectivity index (χ1) is 10.4. The van der Waals surface area contributed by atoms with E-state index in [2.05, 4.69) is 0 Å². The van der Waals surface area contributed by atoms with Crippen LogP contribution in [0.5, 0.6) is 0 Å². The molecule has 8 nitrogen and oxygen atoms in total. The molecule has 0 saturated carbocycles. The van der Waals surface area contributed by atoms with Crippen LogP contribution in [0.4, 0.5) is 0 Å². The zero-order valence-corrected chi connectivity index (χ0v) is 12.3. The molecular formula is C12H8N2O6S2. The van der Waals surface area contributed by atoms with Crippen molar-refractivity contribution in [2.24, 2.45) is 0 Å². The molecular weight excluding hydrogens is 332 g/mol. The van der Waals surface area contributed by atoms with Gasteiger partial charge >= 0.3 is 11.9 Å². The highest BCUT2D eigenvalue weighted by atomic mass is 33.1. The van der Waals surface area contributed by atoms with Gasteiger partial charge in [0.05, 0.1) is 11.1 Å². The number of hydrogen-bond donors (Lipinski definition) is 2. The number of pyridine rings is 2. The second-order valence-electron chi connectivity index (χ2n) is 3.94. The predicted octanol–water partition coefficient (Wildman–Crippen LogP) is 1.15. The van der Waals surface area contributed by atoms with Crippen LogP contribution in [0.2, 0.25) is 0 Å². The van der Waals surface area contributed by atoms with Crippen molar-refractivity contribution in [3.05, 3.63) is 58.2 Å². The van der Waals surface area contributed by atoms with E-state index in [4.69, 9.17) is 10.2 Å². The SMILES string of the molecule is O=C(O)c1cc[n+]([O-])c(SSc2cc(C(=O)O)cc[n+]2[O-])c1. The van der Waals surface area contributed by atoms with Gasteiger partial charge in [0.2, 0.25) is 0 Å². The third-order valence-corrected chi connectivity index (χ3v) is 4.77. The largest absolute Gasteiger partial charge is 0.618 e. The average molecular weight is 340 g/mol. The van der Waals surface area contributed by atoms with Crippen molar-refractivity contribution < 1.29 is 29.3 Å². The molecule has 0 fully saturated rings. The Balaban J connectivity index is 2.23. The second kappa shape index (κ2) is 6.54. The van der Waals surface area contributed by atoms with Crippen LogP contribution in [-0.4, -0.2) is 22.2 Å². The van der Waals surface area contributed by atoms with Gasteiger partial charge in [-0.25, -0.2) is 9.59 Å². The van der Waals surface area contributed by atoms with Crippen molar-refractivity contribution >= 4 is 33.5 Å². The summed E-state index contributed by atoms with van der Waals surface area (Å²) in [6.45, 7) is 0. The number of rotatable bonds is 5. The quantitative estimate of drug-likeness (QED) is 0.471. The zero-order chi connectivity index (χ0) is 16.3. The number of carbonyl (C=O) groups is 2. The average Bonchev–Trinajstić information content (AvgIpc) is 2.47. The Hall–Kier alpha value is -2.46. The molecule has 0 aromatic carbocycles. The first-order valence-electron chi connectivity index (χ1n) is 5.66. The Morgan fingerprint density at radius 2 is 1.23 bits per heavy atom. The lowest BCUT2D eigenvalue weighted by molar-refractivity contribution is -0.646. The molecule has 2 aromatic rings. The first-order valence-corrected chi connectivity index (χ1v) is 7.81. The molecule has 114 valence electrons. The maximum atomic E-state index is 11.6. The van der Waals surface area contributed by atoms with E-state index in [0.717, 1.165) is 46.1 Å². The van der Waals surface area contributed by atoms with E-state index in [0.29, 0.717) is 9.46 Å². The predicted molar refractivity (Wildman–Crippen MR) is 76.4 cm³/mol. The van der Waals surface area contributed by atoms with Crippen LogP contribution in [-0.2, 0) is 0 Å². The number of aromatic nitrogens is 2. The zero-order valence-electron chi connectivity index (χ0n) is 10.7. The van der Waals surface area contributed by atoms with Gasteiger partial charge in [-0.3, -0.25) is 0 Å². The van der Waals surface area contributed by atoms with Gasteiger partial charge in [-0.1, -0.05) is 0 Å². The standard InChI is InChI=1S/C12H8N2O6S2/c15-11(16)7-1-3-13(19)9(5-7)21-22-10-6-8(12(17)18)2-4-14(10)20/h1-6H,(H,15,16)(H,17,18). The van der Waals surface area contributed by atoms with Gasteiger partial charge in [0.15, 0.2) is 12.4 Å². The maximum absolute atomic E-state index is 11.6. The van der Waals surface area contributed by atoms with Gasteiger partial charge in [0, 0.05) is 45.9 Å². The number of hydrogen-bond acceptors (Lipinski definition) is 6. The van der Waals surface area contributed by atoms with E-state index in [1.54, 1.807) is 0 Å². The van der Waals surface area contributed by atoms with Crippen molar-refractivity contribution in [2.45, 2.75) is 10.1 Å². The van der Waals surface area contributed by atoms with Gasteiger partial charge in [-0.15, -0.1) is 0 Å². The van der Waals surface area contributed by atoms with E-state index in [-0.39, 0.29) is 21.2 Å². The highest BCUT2D eigenvalue weighted by Crippen LogP contribution is 2.34. The smallest absolute Gasteiger partial charge is 0.336 e. The fourth-order valence-corrected chi connectivity index (χ4v) is 3.44. The normalized spacial score (nSPS) is 10.4. The van der Waals surface area contributed by atoms with Gasteiger partial charge < -0.3 is 20.6 Å². The van der Waals surface area contributed by atoms with Crippen molar-refractivity contribution in [3.8, 4) is 0 Å². The minimum atomic E-state index is -1.18. The molecule has 2 aromatic heterocycles. The van der Waals surface area contributed by atoms with Crippen LogP contribution >= 0.6 is 21.6 Å². The monoisotopic (exact) mass is 340 g/mol. The molecule has 22 heavy (non-hydrogen) atoms. The molecule has 0 spiro atoms. The summed E-state index contributed by atoms with van der Waals surface area (Å²) in [5.41, 5.74) is -0.131. The van der Waals surface area contributed by atoms with Crippen LogP contribution in [0.3, 0.4) is 0 Å². The number of nitrogens with zero attached hydrogens (tertiary/aromatic N) is 2. The van der Waals surface area contributed by atoms with Gasteiger partial charge in [-0.05, 0) is 0 Å². The Bertz CT molecular complexity index is 689. The maximum Gasteiger partial charge on any atom is 0.336 e. The minimum absolute atomic E-state index is 0.0608. The van der Waals surface area contributed by atoms with Gasteiger partial charge in [0.25, 0.3) is 10.1 Å².